The van der Waals surface area contributed by atoms with Crippen molar-refractivity contribution in [3.63, 3.8) is 0 Å². The van der Waals surface area contributed by atoms with Crippen LogP contribution in [0.5, 0.6) is 0 Å². The zero-order chi connectivity index (χ0) is 23.7. The molecule has 1 aliphatic heterocycles. The highest BCUT2D eigenvalue weighted by molar-refractivity contribution is 5.96. The minimum absolute atomic E-state index is 0.0839. The summed E-state index contributed by atoms with van der Waals surface area (Å²) >= 11 is 0. The molecule has 0 spiro atoms. The molecule has 1 heteroatoms. The molecule has 0 unspecified atom stereocenters. The van der Waals surface area contributed by atoms with Gasteiger partial charge in [-0.15, -0.1) is 0 Å². The van der Waals surface area contributed by atoms with Crippen LogP contribution in [-0.2, 0) is 17.4 Å². The predicted molar refractivity (Wildman–Crippen MR) is 142 cm³/mol. The molecule has 0 saturated carbocycles. The van der Waals surface area contributed by atoms with E-state index in [2.05, 4.69) is 108 Å². The lowest BCUT2D eigenvalue weighted by Gasteiger charge is -2.36. The molecule has 0 fully saturated rings. The topological polar surface area (TPSA) is 3.88 Å². The third kappa shape index (κ3) is 3.15. The van der Waals surface area contributed by atoms with Gasteiger partial charge in [0.1, 0.15) is 0 Å². The summed E-state index contributed by atoms with van der Waals surface area (Å²) in [6.45, 7) is 18.6. The van der Waals surface area contributed by atoms with Crippen LogP contribution in [0, 0.1) is 20.8 Å². The Labute approximate surface area is 199 Å². The second-order valence-electron chi connectivity index (χ2n) is 11.4. The molecule has 0 atom stereocenters. The van der Waals surface area contributed by atoms with Crippen LogP contribution in [0.2, 0.25) is 0 Å². The van der Waals surface area contributed by atoms with Crippen LogP contribution >= 0.6 is 0 Å². The number of pyridine rings is 1. The zero-order valence-electron chi connectivity index (χ0n) is 21.7. The van der Waals surface area contributed by atoms with E-state index >= 15 is 0 Å². The van der Waals surface area contributed by atoms with Gasteiger partial charge in [-0.25, -0.2) is 0 Å². The summed E-state index contributed by atoms with van der Waals surface area (Å²) in [7, 11) is 0. The normalized spacial score (nSPS) is 15.0. The van der Waals surface area contributed by atoms with Gasteiger partial charge in [0.25, 0.3) is 0 Å². The number of aryl methyl sites for hydroxylation is 3. The Kier molecular flexibility index (Phi) is 4.98. The number of aromatic nitrogens is 1. The number of fused-ring (bicyclic) bond motifs is 7. The van der Waals surface area contributed by atoms with Crippen molar-refractivity contribution in [2.75, 3.05) is 0 Å². The van der Waals surface area contributed by atoms with Crippen molar-refractivity contribution in [2.45, 2.75) is 85.6 Å². The van der Waals surface area contributed by atoms with E-state index in [9.17, 15) is 0 Å². The molecule has 0 N–H and O–H groups in total. The second-order valence-corrected chi connectivity index (χ2v) is 11.4. The van der Waals surface area contributed by atoms with E-state index in [4.69, 9.17) is 0 Å². The summed E-state index contributed by atoms with van der Waals surface area (Å²) in [6.07, 6.45) is 3.34. The standard InChI is InChI=1S/C32H38N/c1-9-32(10-2)19-26-23-13-11-12-14-24(23)27(31(6,7)8)18-25(26)28-17-22(5)30-21(4)15-20(3)16-29(30)33(28)32/h11-18H,9-10,19H2,1-8H3/q+1. The first-order chi connectivity index (χ1) is 15.6. The Morgan fingerprint density at radius 3 is 2.12 bits per heavy atom. The van der Waals surface area contributed by atoms with Crippen molar-refractivity contribution in [2.24, 2.45) is 0 Å². The van der Waals surface area contributed by atoms with Crippen LogP contribution in [0.3, 0.4) is 0 Å². The average molecular weight is 437 g/mol. The minimum atomic E-state index is 0.0839. The first-order valence-electron chi connectivity index (χ1n) is 12.6. The van der Waals surface area contributed by atoms with Gasteiger partial charge in [0.15, 0.2) is 5.54 Å². The van der Waals surface area contributed by atoms with E-state index in [-0.39, 0.29) is 11.0 Å². The zero-order valence-corrected chi connectivity index (χ0v) is 21.7. The highest BCUT2D eigenvalue weighted by Gasteiger charge is 2.46. The van der Waals surface area contributed by atoms with Gasteiger partial charge < -0.3 is 0 Å². The van der Waals surface area contributed by atoms with Crippen molar-refractivity contribution in [3.05, 3.63) is 76.3 Å². The van der Waals surface area contributed by atoms with Gasteiger partial charge in [-0.3, -0.25) is 0 Å². The van der Waals surface area contributed by atoms with E-state index < -0.39 is 0 Å². The Balaban J connectivity index is 2.02. The van der Waals surface area contributed by atoms with E-state index in [0.717, 1.165) is 19.3 Å². The second kappa shape index (κ2) is 7.42. The van der Waals surface area contributed by atoms with Gasteiger partial charge in [0.2, 0.25) is 11.2 Å². The number of rotatable bonds is 2. The molecule has 170 valence electrons. The Bertz CT molecular complexity index is 1410. The third-order valence-corrected chi connectivity index (χ3v) is 8.22. The average Bonchev–Trinajstić information content (AvgIpc) is 2.76. The molecule has 0 radical (unpaired) electrons. The summed E-state index contributed by atoms with van der Waals surface area (Å²) in [5.74, 6) is 0. The molecular formula is C32H38N+. The summed E-state index contributed by atoms with van der Waals surface area (Å²) in [5, 5.41) is 4.29. The maximum atomic E-state index is 2.74. The van der Waals surface area contributed by atoms with E-state index in [1.54, 1.807) is 0 Å². The monoisotopic (exact) mass is 436 g/mol. The molecule has 0 aliphatic carbocycles. The quantitative estimate of drug-likeness (QED) is 0.279. The number of benzene rings is 3. The minimum Gasteiger partial charge on any atom is -0.186 e. The maximum Gasteiger partial charge on any atom is 0.214 e. The summed E-state index contributed by atoms with van der Waals surface area (Å²) in [4.78, 5) is 0. The van der Waals surface area contributed by atoms with Gasteiger partial charge in [-0.2, -0.15) is 4.57 Å². The molecule has 3 aromatic carbocycles. The van der Waals surface area contributed by atoms with E-state index in [1.807, 2.05) is 0 Å². The third-order valence-electron chi connectivity index (χ3n) is 8.22. The molecule has 0 saturated heterocycles. The fraction of sp³-hybridized carbons (Fsp3) is 0.406. The fourth-order valence-corrected chi connectivity index (χ4v) is 6.51. The van der Waals surface area contributed by atoms with Gasteiger partial charge in [0, 0.05) is 31.4 Å². The Morgan fingerprint density at radius 1 is 0.848 bits per heavy atom. The largest absolute Gasteiger partial charge is 0.214 e. The number of nitrogens with zero attached hydrogens (tertiary/aromatic N) is 1. The van der Waals surface area contributed by atoms with Crippen molar-refractivity contribution >= 4 is 21.7 Å². The lowest BCUT2D eigenvalue weighted by Crippen LogP contribution is -2.60. The van der Waals surface area contributed by atoms with Gasteiger partial charge in [0.05, 0.1) is 10.9 Å². The van der Waals surface area contributed by atoms with Crippen LogP contribution in [0.15, 0.2) is 48.5 Å². The first-order valence-corrected chi connectivity index (χ1v) is 12.6. The van der Waals surface area contributed by atoms with Crippen molar-refractivity contribution in [3.8, 4) is 11.3 Å². The van der Waals surface area contributed by atoms with E-state index in [0.29, 0.717) is 0 Å². The molecule has 33 heavy (non-hydrogen) atoms. The van der Waals surface area contributed by atoms with Crippen LogP contribution in [0.4, 0.5) is 0 Å². The fourth-order valence-electron chi connectivity index (χ4n) is 6.51. The molecule has 4 aromatic rings. The predicted octanol–water partition coefficient (Wildman–Crippen LogP) is 8.24. The highest BCUT2D eigenvalue weighted by atomic mass is 15.1. The van der Waals surface area contributed by atoms with Crippen molar-refractivity contribution in [1.29, 1.82) is 0 Å². The van der Waals surface area contributed by atoms with Crippen molar-refractivity contribution < 1.29 is 4.57 Å². The van der Waals surface area contributed by atoms with Gasteiger partial charge >= 0.3 is 0 Å². The summed E-state index contributed by atoms with van der Waals surface area (Å²) in [6, 6.07) is 18.9. The van der Waals surface area contributed by atoms with Gasteiger partial charge in [-0.05, 0) is 70.8 Å². The smallest absolute Gasteiger partial charge is 0.186 e. The molecule has 1 aliphatic rings. The molecule has 0 amide bonds. The SMILES string of the molecule is CCC1(CC)Cc2c(cc(C(C)(C)C)c3ccccc23)-c2cc(C)c3c(C)cc(C)cc3[n+]21. The summed E-state index contributed by atoms with van der Waals surface area (Å²) < 4.78 is 2.74. The van der Waals surface area contributed by atoms with Crippen LogP contribution in [0.25, 0.3) is 32.9 Å². The Hall–Kier alpha value is -2.67. The molecular weight excluding hydrogens is 398 g/mol. The molecule has 1 aromatic heterocycles. The molecule has 2 heterocycles. The number of hydrogen-bond donors (Lipinski definition) is 0. The lowest BCUT2D eigenvalue weighted by atomic mass is 9.74. The van der Waals surface area contributed by atoms with Crippen LogP contribution in [0.1, 0.15) is 75.3 Å². The lowest BCUT2D eigenvalue weighted by molar-refractivity contribution is -0.735. The van der Waals surface area contributed by atoms with Crippen molar-refractivity contribution in [1.82, 2.24) is 0 Å². The van der Waals surface area contributed by atoms with Crippen LogP contribution in [-0.4, -0.2) is 0 Å². The van der Waals surface area contributed by atoms with Crippen LogP contribution < -0.4 is 4.57 Å². The first kappa shape index (κ1) is 22.1. The van der Waals surface area contributed by atoms with E-state index in [1.165, 1.54) is 60.8 Å². The van der Waals surface area contributed by atoms with Gasteiger partial charge in [-0.1, -0.05) is 65.0 Å². The molecule has 1 nitrogen and oxygen atoms in total. The summed E-state index contributed by atoms with van der Waals surface area (Å²) in [5.41, 5.74) is 11.5. The number of hydrogen-bond acceptors (Lipinski definition) is 0. The highest BCUT2D eigenvalue weighted by Crippen LogP contribution is 2.44. The molecule has 0 bridgehead atoms. The Morgan fingerprint density at radius 2 is 1.48 bits per heavy atom. The molecule has 5 rings (SSSR count). The maximum absolute atomic E-state index is 2.74.